The maximum absolute atomic E-state index is 13.4. The summed E-state index contributed by atoms with van der Waals surface area (Å²) in [6.45, 7) is 4.91. The minimum atomic E-state index is -4.70. The van der Waals surface area contributed by atoms with Gasteiger partial charge in [-0.15, -0.1) is 0 Å². The van der Waals surface area contributed by atoms with Crippen LogP contribution in [0.2, 0.25) is 0 Å². The SMILES string of the molecule is CC(C)(C)OC(=O)NC(c1ccc(C#N)cc1S(C)(O)O)C1C(=O)CCCC1=Nc1ccnc(C(F)(F)F)c1. The number of ether oxygens (including phenoxy) is 1. The molecule has 9 nitrogen and oxygen atoms in total. The van der Waals surface area contributed by atoms with Crippen LogP contribution in [0.1, 0.15) is 62.9 Å². The Morgan fingerprint density at radius 2 is 1.92 bits per heavy atom. The molecular weight excluding hydrogens is 537 g/mol. The summed E-state index contributed by atoms with van der Waals surface area (Å²) < 4.78 is 66.3. The molecule has 1 amide bonds. The van der Waals surface area contributed by atoms with Crippen molar-refractivity contribution in [3.8, 4) is 6.07 Å². The van der Waals surface area contributed by atoms with E-state index in [0.717, 1.165) is 18.5 Å². The Hall–Kier alpha value is -3.47. The van der Waals surface area contributed by atoms with E-state index in [1.165, 1.54) is 24.3 Å². The number of carbonyl (C=O) groups is 2. The lowest BCUT2D eigenvalue weighted by atomic mass is 9.78. The molecule has 2 atom stereocenters. The summed E-state index contributed by atoms with van der Waals surface area (Å²) in [7, 11) is -3.46. The Kier molecular flexibility index (Phi) is 8.74. The number of benzene rings is 1. The Labute approximate surface area is 225 Å². The fourth-order valence-electron chi connectivity index (χ4n) is 4.22. The van der Waals surface area contributed by atoms with Crippen molar-refractivity contribution in [3.05, 3.63) is 53.3 Å². The van der Waals surface area contributed by atoms with E-state index in [1.807, 2.05) is 6.07 Å². The van der Waals surface area contributed by atoms with Crippen LogP contribution in [0.4, 0.5) is 23.7 Å². The van der Waals surface area contributed by atoms with Gasteiger partial charge >= 0.3 is 12.3 Å². The molecule has 3 rings (SSSR count). The van der Waals surface area contributed by atoms with Gasteiger partial charge in [-0.3, -0.25) is 23.9 Å². The highest BCUT2D eigenvalue weighted by molar-refractivity contribution is 8.23. The van der Waals surface area contributed by atoms with Crippen LogP contribution in [0.3, 0.4) is 0 Å². The van der Waals surface area contributed by atoms with Gasteiger partial charge in [0.05, 0.1) is 34.2 Å². The lowest BCUT2D eigenvalue weighted by molar-refractivity contribution is -0.141. The number of nitrogens with one attached hydrogen (secondary N) is 1. The topological polar surface area (TPSA) is 145 Å². The van der Waals surface area contributed by atoms with Crippen molar-refractivity contribution in [2.75, 3.05) is 6.26 Å². The van der Waals surface area contributed by atoms with Gasteiger partial charge in [-0.05, 0) is 63.4 Å². The number of Topliss-reactive ketones (excluding diaryl/α,β-unsaturated/α-hetero) is 1. The van der Waals surface area contributed by atoms with Crippen molar-refractivity contribution in [2.24, 2.45) is 10.9 Å². The highest BCUT2D eigenvalue weighted by Crippen LogP contribution is 2.49. The number of hydrogen-bond donors (Lipinski definition) is 3. The van der Waals surface area contributed by atoms with E-state index >= 15 is 0 Å². The third-order valence-corrected chi connectivity index (χ3v) is 6.96. The van der Waals surface area contributed by atoms with Crippen LogP contribution in [-0.2, 0) is 15.7 Å². The molecule has 1 heterocycles. The zero-order valence-corrected chi connectivity index (χ0v) is 22.6. The molecule has 0 aliphatic heterocycles. The average Bonchev–Trinajstić information content (AvgIpc) is 2.81. The van der Waals surface area contributed by atoms with Crippen LogP contribution in [0, 0.1) is 17.2 Å². The fourth-order valence-corrected chi connectivity index (χ4v) is 5.22. The standard InChI is InChI=1S/C26H29F3N4O5S/c1-25(2,3)38-24(35)33-23(17-9-8-15(14-30)12-20(17)39(4,36)37)22-18(6-5-7-19(22)34)32-16-10-11-31-21(13-16)26(27,28)29/h8-13,22-23,36-37H,5-7H2,1-4H3,(H,33,35). The van der Waals surface area contributed by atoms with Gasteiger partial charge in [0, 0.05) is 24.6 Å². The number of halogens is 3. The van der Waals surface area contributed by atoms with E-state index in [2.05, 4.69) is 15.3 Å². The molecule has 1 aliphatic rings. The van der Waals surface area contributed by atoms with E-state index in [9.17, 15) is 37.1 Å². The zero-order valence-electron chi connectivity index (χ0n) is 21.7. The van der Waals surface area contributed by atoms with Crippen molar-refractivity contribution < 1.29 is 36.6 Å². The number of pyridine rings is 1. The number of rotatable bonds is 5. The first-order valence-corrected chi connectivity index (χ1v) is 13.9. The monoisotopic (exact) mass is 566 g/mol. The van der Waals surface area contributed by atoms with Gasteiger partial charge in [-0.25, -0.2) is 4.79 Å². The van der Waals surface area contributed by atoms with E-state index in [-0.39, 0.29) is 46.0 Å². The molecule has 0 saturated heterocycles. The van der Waals surface area contributed by atoms with Crippen molar-refractivity contribution in [3.63, 3.8) is 0 Å². The van der Waals surface area contributed by atoms with Crippen LogP contribution < -0.4 is 5.32 Å². The number of nitriles is 1. The van der Waals surface area contributed by atoms with Gasteiger partial charge in [0.15, 0.2) is 0 Å². The summed E-state index contributed by atoms with van der Waals surface area (Å²) in [6, 6.07) is 6.77. The van der Waals surface area contributed by atoms with Gasteiger partial charge in [-0.1, -0.05) is 6.07 Å². The largest absolute Gasteiger partial charge is 0.444 e. The zero-order chi connectivity index (χ0) is 29.2. The van der Waals surface area contributed by atoms with Crippen LogP contribution in [0.5, 0.6) is 0 Å². The molecule has 13 heteroatoms. The van der Waals surface area contributed by atoms with Crippen molar-refractivity contribution in [1.82, 2.24) is 10.3 Å². The molecule has 1 aliphatic carbocycles. The van der Waals surface area contributed by atoms with E-state index in [1.54, 1.807) is 20.8 Å². The normalized spacial score (nSPS) is 18.8. The van der Waals surface area contributed by atoms with E-state index in [4.69, 9.17) is 4.74 Å². The number of alkyl halides is 3. The summed E-state index contributed by atoms with van der Waals surface area (Å²) in [4.78, 5) is 33.9. The summed E-state index contributed by atoms with van der Waals surface area (Å²) in [5.74, 6) is -1.52. The van der Waals surface area contributed by atoms with E-state index < -0.39 is 46.1 Å². The minimum absolute atomic E-state index is 0.0661. The number of nitrogens with zero attached hydrogens (tertiary/aromatic N) is 3. The molecule has 0 bridgehead atoms. The van der Waals surface area contributed by atoms with Gasteiger partial charge in [-0.2, -0.15) is 29.0 Å². The molecule has 210 valence electrons. The van der Waals surface area contributed by atoms with Crippen LogP contribution in [-0.4, -0.2) is 43.5 Å². The van der Waals surface area contributed by atoms with Gasteiger partial charge < -0.3 is 10.1 Å². The second-order valence-electron chi connectivity index (χ2n) is 10.1. The molecule has 1 aromatic heterocycles. The Morgan fingerprint density at radius 3 is 2.51 bits per heavy atom. The Balaban J connectivity index is 2.20. The summed E-state index contributed by atoms with van der Waals surface area (Å²) >= 11 is 0. The number of alkyl carbamates (subject to hydrolysis) is 1. The summed E-state index contributed by atoms with van der Waals surface area (Å²) in [5, 5.41) is 12.0. The van der Waals surface area contributed by atoms with Gasteiger partial charge in [0.2, 0.25) is 0 Å². The molecule has 2 unspecified atom stereocenters. The predicted octanol–water partition coefficient (Wildman–Crippen LogP) is 6.42. The molecule has 0 radical (unpaired) electrons. The number of carbonyl (C=O) groups excluding carboxylic acids is 2. The smallest absolute Gasteiger partial charge is 0.433 e. The quantitative estimate of drug-likeness (QED) is 0.379. The third kappa shape index (κ3) is 7.78. The first-order chi connectivity index (χ1) is 18.0. The molecule has 0 spiro atoms. The number of ketones is 1. The van der Waals surface area contributed by atoms with Crippen molar-refractivity contribution in [2.45, 2.75) is 62.7 Å². The van der Waals surface area contributed by atoms with Gasteiger partial charge in [0.25, 0.3) is 0 Å². The number of aliphatic imine (C=N–C) groups is 1. The summed E-state index contributed by atoms with van der Waals surface area (Å²) in [5.41, 5.74) is -1.68. The molecule has 1 aromatic carbocycles. The average molecular weight is 567 g/mol. The molecule has 1 saturated carbocycles. The maximum atomic E-state index is 13.4. The van der Waals surface area contributed by atoms with Gasteiger partial charge in [0.1, 0.15) is 17.1 Å². The number of aromatic nitrogens is 1. The second kappa shape index (κ2) is 11.3. The molecule has 3 N–H and O–H groups in total. The minimum Gasteiger partial charge on any atom is -0.444 e. The van der Waals surface area contributed by atoms with Crippen LogP contribution >= 0.6 is 10.6 Å². The number of amides is 1. The van der Waals surface area contributed by atoms with Crippen molar-refractivity contribution in [1.29, 1.82) is 5.26 Å². The first kappa shape index (κ1) is 30.1. The lowest BCUT2D eigenvalue weighted by Gasteiger charge is -2.36. The molecule has 2 aromatic rings. The maximum Gasteiger partial charge on any atom is 0.433 e. The van der Waals surface area contributed by atoms with Crippen LogP contribution in [0.15, 0.2) is 46.4 Å². The Bertz CT molecular complexity index is 1330. The van der Waals surface area contributed by atoms with Crippen molar-refractivity contribution >= 4 is 33.9 Å². The predicted molar refractivity (Wildman–Crippen MR) is 139 cm³/mol. The molecule has 1 fully saturated rings. The molecule has 39 heavy (non-hydrogen) atoms. The highest BCUT2D eigenvalue weighted by Gasteiger charge is 2.40. The third-order valence-electron chi connectivity index (χ3n) is 5.77. The molecular formula is C26H29F3N4O5S. The first-order valence-electron chi connectivity index (χ1n) is 11.9. The van der Waals surface area contributed by atoms with Crippen LogP contribution in [0.25, 0.3) is 0 Å². The van der Waals surface area contributed by atoms with E-state index in [0.29, 0.717) is 6.42 Å². The lowest BCUT2D eigenvalue weighted by Crippen LogP contribution is -2.44. The number of hydrogen-bond acceptors (Lipinski definition) is 8. The highest BCUT2D eigenvalue weighted by atomic mass is 32.3. The Morgan fingerprint density at radius 1 is 1.23 bits per heavy atom. The fraction of sp³-hybridized carbons (Fsp3) is 0.423. The second-order valence-corrected chi connectivity index (χ2v) is 12.2. The summed E-state index contributed by atoms with van der Waals surface area (Å²) in [6.07, 6.45) is -2.78.